The van der Waals surface area contributed by atoms with Crippen molar-refractivity contribution in [3.05, 3.63) is 36.0 Å². The molecule has 12 heteroatoms. The number of para-hydroxylation sites is 1. The molecule has 2 aromatic rings. The highest BCUT2D eigenvalue weighted by Gasteiger charge is 2.53. The molecule has 5 atom stereocenters. The van der Waals surface area contributed by atoms with Gasteiger partial charge >= 0.3 is 29.8 Å². The van der Waals surface area contributed by atoms with Crippen LogP contribution >= 0.6 is 0 Å². The second-order valence-electron chi connectivity index (χ2n) is 7.86. The normalized spacial score (nSPS) is 23.8. The predicted molar refractivity (Wildman–Crippen MR) is 116 cm³/mol. The van der Waals surface area contributed by atoms with Crippen LogP contribution in [0.15, 0.2) is 30.5 Å². The van der Waals surface area contributed by atoms with Gasteiger partial charge in [0.1, 0.15) is 12.7 Å². The Morgan fingerprint density at radius 1 is 0.857 bits per heavy atom. The van der Waals surface area contributed by atoms with E-state index in [9.17, 15) is 29.1 Å². The predicted octanol–water partition coefficient (Wildman–Crippen LogP) is 1.60. The highest BCUT2D eigenvalue weighted by atomic mass is 16.7. The summed E-state index contributed by atoms with van der Waals surface area (Å²) in [7, 11) is 0. The SMILES string of the molecule is CC(=O)OC[C@H]1O[C@@H](n2cc(C(=O)O)c3ccccc32)[C@H](OC(C)=O)[C@@H](OC(C)=O)[C@@H]1OC(C)=O. The molecule has 1 fully saturated rings. The zero-order valence-corrected chi connectivity index (χ0v) is 19.5. The molecule has 0 amide bonds. The fourth-order valence-electron chi connectivity index (χ4n) is 4.02. The van der Waals surface area contributed by atoms with E-state index >= 15 is 0 Å². The van der Waals surface area contributed by atoms with E-state index in [2.05, 4.69) is 0 Å². The van der Waals surface area contributed by atoms with Gasteiger partial charge < -0.3 is 33.4 Å². The third-order valence-corrected chi connectivity index (χ3v) is 5.21. The molecule has 0 spiro atoms. The fourth-order valence-corrected chi connectivity index (χ4v) is 4.02. The minimum atomic E-state index is -1.37. The van der Waals surface area contributed by atoms with E-state index in [1.165, 1.54) is 17.7 Å². The Labute approximate surface area is 199 Å². The van der Waals surface area contributed by atoms with Gasteiger partial charge in [-0.05, 0) is 6.07 Å². The van der Waals surface area contributed by atoms with E-state index in [0.29, 0.717) is 10.9 Å². The van der Waals surface area contributed by atoms with Gasteiger partial charge in [0.25, 0.3) is 0 Å². The first-order valence-electron chi connectivity index (χ1n) is 10.6. The van der Waals surface area contributed by atoms with E-state index in [0.717, 1.165) is 20.8 Å². The van der Waals surface area contributed by atoms with Gasteiger partial charge in [-0.1, -0.05) is 18.2 Å². The number of fused-ring (bicyclic) bond motifs is 1. The second-order valence-corrected chi connectivity index (χ2v) is 7.86. The van der Waals surface area contributed by atoms with Gasteiger partial charge in [0, 0.05) is 39.3 Å². The molecule has 3 rings (SSSR count). The number of carboxylic acids is 1. The van der Waals surface area contributed by atoms with Crippen molar-refractivity contribution in [2.75, 3.05) is 6.61 Å². The van der Waals surface area contributed by atoms with Crippen molar-refractivity contribution in [1.29, 1.82) is 0 Å². The van der Waals surface area contributed by atoms with Crippen molar-refractivity contribution in [2.24, 2.45) is 0 Å². The van der Waals surface area contributed by atoms with E-state index < -0.39 is 60.5 Å². The van der Waals surface area contributed by atoms with Crippen LogP contribution in [0.4, 0.5) is 0 Å². The number of carboxylic acid groups (broad SMARTS) is 1. The number of aromatic carboxylic acids is 1. The first kappa shape index (κ1) is 25.7. The Bertz CT molecular complexity index is 1150. The molecule has 0 aliphatic carbocycles. The molecule has 0 radical (unpaired) electrons. The fraction of sp³-hybridized carbons (Fsp3) is 0.435. The number of nitrogens with zero attached hydrogens (tertiary/aromatic N) is 1. The lowest BCUT2D eigenvalue weighted by Gasteiger charge is -2.44. The summed E-state index contributed by atoms with van der Waals surface area (Å²) in [6, 6.07) is 6.57. The second kappa shape index (κ2) is 10.6. The first-order valence-corrected chi connectivity index (χ1v) is 10.6. The van der Waals surface area contributed by atoms with Gasteiger partial charge in [0.15, 0.2) is 24.5 Å². The van der Waals surface area contributed by atoms with Crippen LogP contribution in [0.1, 0.15) is 44.3 Å². The van der Waals surface area contributed by atoms with E-state index in [-0.39, 0.29) is 12.2 Å². The topological polar surface area (TPSA) is 157 Å². The maximum absolute atomic E-state index is 12.0. The Morgan fingerprint density at radius 2 is 1.43 bits per heavy atom. The van der Waals surface area contributed by atoms with E-state index in [1.54, 1.807) is 24.3 Å². The average molecular weight is 491 g/mol. The molecule has 1 aromatic heterocycles. The third kappa shape index (κ3) is 5.77. The molecule has 1 aliphatic rings. The largest absolute Gasteiger partial charge is 0.478 e. The number of hydrogen-bond donors (Lipinski definition) is 1. The Kier molecular flexibility index (Phi) is 7.75. The molecule has 12 nitrogen and oxygen atoms in total. The number of ether oxygens (including phenoxy) is 5. The molecule has 0 unspecified atom stereocenters. The number of hydrogen-bond acceptors (Lipinski definition) is 10. The lowest BCUT2D eigenvalue weighted by Crippen LogP contribution is -2.60. The Balaban J connectivity index is 2.19. The van der Waals surface area contributed by atoms with Crippen molar-refractivity contribution in [1.82, 2.24) is 4.57 Å². The summed E-state index contributed by atoms with van der Waals surface area (Å²) in [5.41, 5.74) is 0.374. The molecule has 1 aliphatic heterocycles. The van der Waals surface area contributed by atoms with Crippen molar-refractivity contribution in [3.8, 4) is 0 Å². The molecular formula is C23H25NO11. The van der Waals surface area contributed by atoms with Gasteiger partial charge in [-0.25, -0.2) is 4.79 Å². The summed E-state index contributed by atoms with van der Waals surface area (Å²) >= 11 is 0. The number of rotatable bonds is 7. The number of benzene rings is 1. The van der Waals surface area contributed by atoms with Crippen LogP contribution in [-0.2, 0) is 42.9 Å². The van der Waals surface area contributed by atoms with Crippen LogP contribution in [0.25, 0.3) is 10.9 Å². The number of aromatic nitrogens is 1. The zero-order chi connectivity index (χ0) is 25.9. The van der Waals surface area contributed by atoms with Gasteiger partial charge in [-0.3, -0.25) is 19.2 Å². The summed E-state index contributed by atoms with van der Waals surface area (Å²) in [5, 5.41) is 10.1. The Hall–Kier alpha value is -3.93. The molecule has 0 bridgehead atoms. The molecule has 0 saturated carbocycles. The number of carbonyl (C=O) groups is 5. The van der Waals surface area contributed by atoms with Crippen molar-refractivity contribution in [2.45, 2.75) is 58.3 Å². The minimum Gasteiger partial charge on any atom is -0.478 e. The van der Waals surface area contributed by atoms with Crippen LogP contribution in [-0.4, -0.2) is 70.5 Å². The first-order chi connectivity index (χ1) is 16.5. The maximum Gasteiger partial charge on any atom is 0.337 e. The molecule has 188 valence electrons. The van der Waals surface area contributed by atoms with Crippen molar-refractivity contribution >= 4 is 40.7 Å². The number of carbonyl (C=O) groups excluding carboxylic acids is 4. The zero-order valence-electron chi connectivity index (χ0n) is 19.5. The van der Waals surface area contributed by atoms with E-state index in [4.69, 9.17) is 23.7 Å². The van der Waals surface area contributed by atoms with Crippen LogP contribution < -0.4 is 0 Å². The van der Waals surface area contributed by atoms with E-state index in [1.807, 2.05) is 0 Å². The van der Waals surface area contributed by atoms with Crippen LogP contribution in [0.5, 0.6) is 0 Å². The molecule has 2 heterocycles. The van der Waals surface area contributed by atoms with Gasteiger partial charge in [-0.2, -0.15) is 0 Å². The van der Waals surface area contributed by atoms with Gasteiger partial charge in [-0.15, -0.1) is 0 Å². The summed E-state index contributed by atoms with van der Waals surface area (Å²) in [5.74, 6) is -4.11. The smallest absolute Gasteiger partial charge is 0.337 e. The monoisotopic (exact) mass is 491 g/mol. The van der Waals surface area contributed by atoms with Crippen molar-refractivity contribution in [3.63, 3.8) is 0 Å². The summed E-state index contributed by atoms with van der Waals surface area (Å²) in [6.07, 6.45) is -5.13. The maximum atomic E-state index is 12.0. The lowest BCUT2D eigenvalue weighted by atomic mass is 9.97. The van der Waals surface area contributed by atoms with Crippen LogP contribution in [0.3, 0.4) is 0 Å². The Morgan fingerprint density at radius 3 is 2.00 bits per heavy atom. The average Bonchev–Trinajstić information content (AvgIpc) is 3.14. The molecule has 1 saturated heterocycles. The lowest BCUT2D eigenvalue weighted by molar-refractivity contribution is -0.267. The summed E-state index contributed by atoms with van der Waals surface area (Å²) in [6.45, 7) is 4.16. The quantitative estimate of drug-likeness (QED) is 0.443. The summed E-state index contributed by atoms with van der Waals surface area (Å²) in [4.78, 5) is 59.2. The minimum absolute atomic E-state index is 0.0477. The summed E-state index contributed by atoms with van der Waals surface area (Å²) < 4.78 is 28.9. The van der Waals surface area contributed by atoms with Crippen LogP contribution in [0, 0.1) is 0 Å². The standard InChI is InChI=1S/C23H25NO11/c1-11(25)31-10-18-19(32-12(2)26)20(33-13(3)27)21(34-14(4)28)22(35-18)24-9-16(23(29)30)15-7-5-6-8-17(15)24/h5-9,18-22H,10H2,1-4H3,(H,29,30)/t18-,19-,20+,21-,22-/m1/s1. The number of esters is 4. The highest BCUT2D eigenvalue weighted by Crippen LogP contribution is 2.37. The third-order valence-electron chi connectivity index (χ3n) is 5.21. The molecule has 1 N–H and O–H groups in total. The van der Waals surface area contributed by atoms with Gasteiger partial charge in [0.2, 0.25) is 0 Å². The van der Waals surface area contributed by atoms with Crippen molar-refractivity contribution < 1.29 is 52.8 Å². The highest BCUT2D eigenvalue weighted by molar-refractivity contribution is 6.03. The molecule has 35 heavy (non-hydrogen) atoms. The molecule has 1 aromatic carbocycles. The molecular weight excluding hydrogens is 466 g/mol. The van der Waals surface area contributed by atoms with Crippen LogP contribution in [0.2, 0.25) is 0 Å². The van der Waals surface area contributed by atoms with Gasteiger partial charge in [0.05, 0.1) is 11.1 Å².